The van der Waals surface area contributed by atoms with Crippen LogP contribution in [0.2, 0.25) is 19.6 Å². The Bertz CT molecular complexity index is 425. The highest BCUT2D eigenvalue weighted by atomic mass is 28.4. The molecule has 1 aliphatic heterocycles. The third-order valence-electron chi connectivity index (χ3n) is 2.64. The maximum atomic E-state index is 11.1. The van der Waals surface area contributed by atoms with Crippen molar-refractivity contribution in [3.05, 3.63) is 29.8 Å². The number of hydrogen-bond acceptors (Lipinski definition) is 3. The maximum Gasteiger partial charge on any atom is 0.407 e. The van der Waals surface area contributed by atoms with Gasteiger partial charge in [0.05, 0.1) is 12.6 Å². The molecule has 2 rings (SSSR count). The minimum atomic E-state index is -1.56. The quantitative estimate of drug-likeness (QED) is 0.854. The fourth-order valence-electron chi connectivity index (χ4n) is 1.90. The number of ether oxygens (including phenoxy) is 1. The van der Waals surface area contributed by atoms with Crippen LogP contribution in [0.5, 0.6) is 5.75 Å². The average Bonchev–Trinajstić information content (AvgIpc) is 2.28. The van der Waals surface area contributed by atoms with E-state index in [4.69, 9.17) is 9.16 Å². The second-order valence-electron chi connectivity index (χ2n) is 5.40. The zero-order chi connectivity index (χ0) is 13.2. The van der Waals surface area contributed by atoms with Gasteiger partial charge in [-0.1, -0.05) is 12.1 Å². The van der Waals surface area contributed by atoms with Gasteiger partial charge in [0.1, 0.15) is 5.75 Å². The van der Waals surface area contributed by atoms with Crippen molar-refractivity contribution in [1.29, 1.82) is 0 Å². The number of benzene rings is 1. The molecule has 0 unspecified atom stereocenters. The van der Waals surface area contributed by atoms with Gasteiger partial charge >= 0.3 is 6.09 Å². The van der Waals surface area contributed by atoms with E-state index in [-0.39, 0.29) is 12.1 Å². The third-order valence-corrected chi connectivity index (χ3v) is 3.49. The molecular weight excluding hydrogens is 246 g/mol. The van der Waals surface area contributed by atoms with Gasteiger partial charge in [0.25, 0.3) is 0 Å². The van der Waals surface area contributed by atoms with Gasteiger partial charge in [-0.25, -0.2) is 4.79 Å². The number of cyclic esters (lactones) is 1. The molecule has 1 saturated heterocycles. The van der Waals surface area contributed by atoms with Gasteiger partial charge in [0.15, 0.2) is 0 Å². The highest BCUT2D eigenvalue weighted by Gasteiger charge is 2.21. The summed E-state index contributed by atoms with van der Waals surface area (Å²) in [6.07, 6.45) is 0.466. The molecule has 0 aliphatic carbocycles. The number of carbonyl (C=O) groups excluding carboxylic acids is 1. The Labute approximate surface area is 108 Å². The molecule has 1 heterocycles. The van der Waals surface area contributed by atoms with Gasteiger partial charge in [-0.05, 0) is 37.3 Å². The van der Waals surface area contributed by atoms with Crippen molar-refractivity contribution >= 4 is 14.4 Å². The number of alkyl carbamates (subject to hydrolysis) is 1. The monoisotopic (exact) mass is 265 g/mol. The van der Waals surface area contributed by atoms with Crippen LogP contribution in [0, 0.1) is 0 Å². The first kappa shape index (κ1) is 13.0. The predicted molar refractivity (Wildman–Crippen MR) is 72.3 cm³/mol. The fraction of sp³-hybridized carbons (Fsp3) is 0.462. The van der Waals surface area contributed by atoms with Gasteiger partial charge < -0.3 is 14.5 Å². The summed E-state index contributed by atoms with van der Waals surface area (Å²) in [5.74, 6) is 0.899. The number of nitrogens with one attached hydrogen (secondary N) is 1. The Morgan fingerprint density at radius 1 is 1.28 bits per heavy atom. The topological polar surface area (TPSA) is 47.6 Å². The largest absolute Gasteiger partial charge is 0.544 e. The highest BCUT2D eigenvalue weighted by Crippen LogP contribution is 2.23. The fourth-order valence-corrected chi connectivity index (χ4v) is 2.74. The van der Waals surface area contributed by atoms with E-state index in [1.165, 1.54) is 0 Å². The van der Waals surface area contributed by atoms with Crippen molar-refractivity contribution in [2.24, 2.45) is 0 Å². The summed E-state index contributed by atoms with van der Waals surface area (Å²) < 4.78 is 10.7. The van der Waals surface area contributed by atoms with Crippen molar-refractivity contribution in [1.82, 2.24) is 5.32 Å². The van der Waals surface area contributed by atoms with E-state index in [2.05, 4.69) is 25.0 Å². The van der Waals surface area contributed by atoms with Gasteiger partial charge in [-0.3, -0.25) is 0 Å². The van der Waals surface area contributed by atoms with Gasteiger partial charge in [0, 0.05) is 6.42 Å². The lowest BCUT2D eigenvalue weighted by atomic mass is 10.0. The zero-order valence-electron chi connectivity index (χ0n) is 11.0. The average molecular weight is 265 g/mol. The first-order valence-electron chi connectivity index (χ1n) is 6.16. The van der Waals surface area contributed by atoms with Crippen LogP contribution in [0.15, 0.2) is 24.3 Å². The summed E-state index contributed by atoms with van der Waals surface area (Å²) >= 11 is 0. The molecule has 1 amide bonds. The van der Waals surface area contributed by atoms with Crippen LogP contribution in [0.4, 0.5) is 4.79 Å². The van der Waals surface area contributed by atoms with Crippen molar-refractivity contribution in [2.45, 2.75) is 32.1 Å². The lowest BCUT2D eigenvalue weighted by molar-refractivity contribution is 0.115. The van der Waals surface area contributed by atoms with Gasteiger partial charge in [0.2, 0.25) is 8.32 Å². The smallest absolute Gasteiger partial charge is 0.407 e. The van der Waals surface area contributed by atoms with E-state index in [1.807, 2.05) is 24.3 Å². The Morgan fingerprint density at radius 2 is 1.94 bits per heavy atom. The molecule has 1 N–H and O–H groups in total. The number of carbonyl (C=O) groups is 1. The third kappa shape index (κ3) is 3.50. The van der Waals surface area contributed by atoms with E-state index in [1.54, 1.807) is 0 Å². The summed E-state index contributed by atoms with van der Waals surface area (Å²) in [6, 6.07) is 7.99. The second kappa shape index (κ2) is 5.02. The van der Waals surface area contributed by atoms with Crippen molar-refractivity contribution in [3.8, 4) is 5.75 Å². The van der Waals surface area contributed by atoms with Gasteiger partial charge in [-0.2, -0.15) is 0 Å². The Kier molecular flexibility index (Phi) is 3.61. The maximum absolute atomic E-state index is 11.1. The summed E-state index contributed by atoms with van der Waals surface area (Å²) in [4.78, 5) is 11.1. The van der Waals surface area contributed by atoms with E-state index in [0.29, 0.717) is 6.61 Å². The molecule has 1 aliphatic rings. The van der Waals surface area contributed by atoms with Crippen LogP contribution in [0.3, 0.4) is 0 Å². The normalized spacial score (nSPS) is 19.9. The summed E-state index contributed by atoms with van der Waals surface area (Å²) in [7, 11) is -1.56. The number of hydrogen-bond donors (Lipinski definition) is 1. The molecule has 1 fully saturated rings. The van der Waals surface area contributed by atoms with Crippen LogP contribution in [-0.2, 0) is 4.74 Å². The minimum absolute atomic E-state index is 0.0483. The summed E-state index contributed by atoms with van der Waals surface area (Å²) in [5.41, 5.74) is 1.09. The van der Waals surface area contributed by atoms with E-state index in [0.717, 1.165) is 17.7 Å². The summed E-state index contributed by atoms with van der Waals surface area (Å²) in [6.45, 7) is 6.93. The van der Waals surface area contributed by atoms with Crippen molar-refractivity contribution in [3.63, 3.8) is 0 Å². The second-order valence-corrected chi connectivity index (χ2v) is 9.83. The van der Waals surface area contributed by atoms with Crippen molar-refractivity contribution < 1.29 is 14.0 Å². The SMILES string of the molecule is C[Si](C)(C)Oc1ccc([C@@H]2CCOC(=O)N2)cc1. The molecule has 0 aromatic heterocycles. The molecule has 0 bridgehead atoms. The van der Waals surface area contributed by atoms with E-state index in [9.17, 15) is 4.79 Å². The molecule has 0 radical (unpaired) electrons. The highest BCUT2D eigenvalue weighted by molar-refractivity contribution is 6.70. The van der Waals surface area contributed by atoms with Crippen LogP contribution >= 0.6 is 0 Å². The molecule has 0 saturated carbocycles. The van der Waals surface area contributed by atoms with E-state index >= 15 is 0 Å². The first-order chi connectivity index (χ1) is 8.44. The first-order valence-corrected chi connectivity index (χ1v) is 9.57. The lowest BCUT2D eigenvalue weighted by Crippen LogP contribution is -2.35. The standard InChI is InChI=1S/C13H19NO3Si/c1-18(2,3)17-11-6-4-10(5-7-11)12-8-9-16-13(15)14-12/h4-7,12H,8-9H2,1-3H3,(H,14,15)/t12-/m0/s1. The summed E-state index contributed by atoms with van der Waals surface area (Å²) in [5, 5.41) is 2.81. The van der Waals surface area contributed by atoms with E-state index < -0.39 is 8.32 Å². The Hall–Kier alpha value is -1.49. The lowest BCUT2D eigenvalue weighted by Gasteiger charge is -2.24. The van der Waals surface area contributed by atoms with Crippen LogP contribution in [0.25, 0.3) is 0 Å². The minimum Gasteiger partial charge on any atom is -0.544 e. The molecule has 18 heavy (non-hydrogen) atoms. The molecule has 1 aromatic carbocycles. The van der Waals surface area contributed by atoms with Crippen LogP contribution in [0.1, 0.15) is 18.0 Å². The van der Waals surface area contributed by atoms with Gasteiger partial charge in [-0.15, -0.1) is 0 Å². The van der Waals surface area contributed by atoms with Crippen LogP contribution < -0.4 is 9.74 Å². The number of amides is 1. The molecule has 1 aromatic rings. The van der Waals surface area contributed by atoms with Crippen molar-refractivity contribution in [2.75, 3.05) is 6.61 Å². The molecular formula is C13H19NO3Si. The molecule has 0 spiro atoms. The molecule has 98 valence electrons. The number of rotatable bonds is 3. The Balaban J connectivity index is 2.05. The predicted octanol–water partition coefficient (Wildman–Crippen LogP) is 3.07. The zero-order valence-corrected chi connectivity index (χ0v) is 12.0. The Morgan fingerprint density at radius 3 is 2.50 bits per heavy atom. The molecule has 1 atom stereocenters. The molecule has 4 nitrogen and oxygen atoms in total. The molecule has 5 heteroatoms. The van der Waals surface area contributed by atoms with Crippen LogP contribution in [-0.4, -0.2) is 21.0 Å².